The van der Waals surface area contributed by atoms with E-state index in [0.717, 1.165) is 30.9 Å². The normalized spacial score (nSPS) is 29.8. The number of rotatable bonds is 4. The third kappa shape index (κ3) is 2.89. The van der Waals surface area contributed by atoms with Gasteiger partial charge in [-0.2, -0.15) is 11.8 Å². The first-order valence-electron chi connectivity index (χ1n) is 6.08. The molecule has 2 rings (SSSR count). The molecule has 1 unspecified atom stereocenters. The number of hydrogen-bond donors (Lipinski definition) is 2. The molecule has 1 atom stereocenters. The zero-order valence-electron chi connectivity index (χ0n) is 9.88. The van der Waals surface area contributed by atoms with Crippen molar-refractivity contribution in [2.45, 2.75) is 51.2 Å². The van der Waals surface area contributed by atoms with Crippen LogP contribution in [0.4, 0.5) is 0 Å². The topological polar surface area (TPSA) is 32.3 Å². The van der Waals surface area contributed by atoms with Gasteiger partial charge in [0.15, 0.2) is 0 Å². The molecule has 0 aromatic heterocycles. The summed E-state index contributed by atoms with van der Waals surface area (Å²) in [6, 6.07) is 0.552. The zero-order valence-corrected chi connectivity index (χ0v) is 10.7. The van der Waals surface area contributed by atoms with E-state index in [1.54, 1.807) is 0 Å². The molecule has 0 amide bonds. The Balaban J connectivity index is 1.76. The lowest BCUT2D eigenvalue weighted by molar-refractivity contribution is 0.0280. The minimum absolute atomic E-state index is 0.426. The lowest BCUT2D eigenvalue weighted by Gasteiger charge is -2.34. The van der Waals surface area contributed by atoms with Crippen molar-refractivity contribution in [3.05, 3.63) is 0 Å². The first-order chi connectivity index (χ1) is 7.04. The largest absolute Gasteiger partial charge is 0.389 e. The fraction of sp³-hybridized carbons (Fsp3) is 1.00. The highest BCUT2D eigenvalue weighted by molar-refractivity contribution is 7.99. The quantitative estimate of drug-likeness (QED) is 0.773. The summed E-state index contributed by atoms with van der Waals surface area (Å²) in [5.74, 6) is 2.23. The summed E-state index contributed by atoms with van der Waals surface area (Å²) in [7, 11) is 0. The number of nitrogens with one attached hydrogen (secondary N) is 1. The minimum Gasteiger partial charge on any atom is -0.389 e. The highest BCUT2D eigenvalue weighted by Gasteiger charge is 2.43. The molecule has 1 saturated carbocycles. The fourth-order valence-corrected chi connectivity index (χ4v) is 3.40. The molecule has 0 aromatic rings. The van der Waals surface area contributed by atoms with Crippen LogP contribution in [0.2, 0.25) is 0 Å². The van der Waals surface area contributed by atoms with Gasteiger partial charge in [0.25, 0.3) is 0 Å². The SMILES string of the molecule is CC(NCC1(O)CCSCC1)C1(C)CC1. The van der Waals surface area contributed by atoms with Crippen LogP contribution in [0.3, 0.4) is 0 Å². The first-order valence-corrected chi connectivity index (χ1v) is 7.23. The lowest BCUT2D eigenvalue weighted by Crippen LogP contribution is -2.47. The Labute approximate surface area is 97.2 Å². The van der Waals surface area contributed by atoms with Gasteiger partial charge in [-0.1, -0.05) is 6.92 Å². The van der Waals surface area contributed by atoms with Crippen LogP contribution in [-0.4, -0.2) is 34.8 Å². The Kier molecular flexibility index (Phi) is 3.34. The van der Waals surface area contributed by atoms with Gasteiger partial charge < -0.3 is 10.4 Å². The molecule has 2 fully saturated rings. The summed E-state index contributed by atoms with van der Waals surface area (Å²) in [6.45, 7) is 5.38. The van der Waals surface area contributed by atoms with Crippen molar-refractivity contribution in [3.8, 4) is 0 Å². The van der Waals surface area contributed by atoms with E-state index in [4.69, 9.17) is 0 Å². The Bertz CT molecular complexity index is 222. The summed E-state index contributed by atoms with van der Waals surface area (Å²) in [6.07, 6.45) is 4.59. The summed E-state index contributed by atoms with van der Waals surface area (Å²) in [5.41, 5.74) is 0.0878. The van der Waals surface area contributed by atoms with Gasteiger partial charge in [-0.25, -0.2) is 0 Å². The summed E-state index contributed by atoms with van der Waals surface area (Å²) in [5, 5.41) is 13.9. The maximum atomic E-state index is 10.3. The van der Waals surface area contributed by atoms with Crippen LogP contribution in [0.1, 0.15) is 39.5 Å². The Morgan fingerprint density at radius 1 is 1.27 bits per heavy atom. The molecule has 88 valence electrons. The summed E-state index contributed by atoms with van der Waals surface area (Å²) >= 11 is 1.96. The van der Waals surface area contributed by atoms with Gasteiger partial charge in [-0.15, -0.1) is 0 Å². The third-order valence-electron chi connectivity index (χ3n) is 4.24. The predicted octanol–water partition coefficient (Wildman–Crippen LogP) is 2.02. The van der Waals surface area contributed by atoms with Crippen LogP contribution >= 0.6 is 11.8 Å². The van der Waals surface area contributed by atoms with E-state index in [0.29, 0.717) is 11.5 Å². The lowest BCUT2D eigenvalue weighted by atomic mass is 9.94. The summed E-state index contributed by atoms with van der Waals surface area (Å²) in [4.78, 5) is 0. The molecular formula is C12H23NOS. The maximum absolute atomic E-state index is 10.3. The van der Waals surface area contributed by atoms with Gasteiger partial charge in [-0.3, -0.25) is 0 Å². The molecule has 15 heavy (non-hydrogen) atoms. The molecule has 1 aliphatic carbocycles. The highest BCUT2D eigenvalue weighted by Crippen LogP contribution is 2.48. The van der Waals surface area contributed by atoms with Crippen LogP contribution in [0.5, 0.6) is 0 Å². The van der Waals surface area contributed by atoms with Crippen LogP contribution in [0.25, 0.3) is 0 Å². The fourth-order valence-electron chi connectivity index (χ4n) is 2.15. The standard InChI is InChI=1S/C12H23NOS/c1-10(11(2)3-4-11)13-9-12(14)5-7-15-8-6-12/h10,13-14H,3-9H2,1-2H3. The van der Waals surface area contributed by atoms with Gasteiger partial charge in [0.2, 0.25) is 0 Å². The minimum atomic E-state index is -0.426. The van der Waals surface area contributed by atoms with Crippen molar-refractivity contribution in [2.75, 3.05) is 18.1 Å². The van der Waals surface area contributed by atoms with E-state index in [9.17, 15) is 5.11 Å². The smallest absolute Gasteiger partial charge is 0.0787 e. The Morgan fingerprint density at radius 3 is 2.40 bits per heavy atom. The molecule has 1 aliphatic heterocycles. The van der Waals surface area contributed by atoms with Gasteiger partial charge in [0.05, 0.1) is 5.60 Å². The molecule has 0 spiro atoms. The third-order valence-corrected chi connectivity index (χ3v) is 5.23. The van der Waals surface area contributed by atoms with E-state index in [1.165, 1.54) is 12.8 Å². The molecule has 0 bridgehead atoms. The van der Waals surface area contributed by atoms with Crippen molar-refractivity contribution in [3.63, 3.8) is 0 Å². The highest BCUT2D eigenvalue weighted by atomic mass is 32.2. The van der Waals surface area contributed by atoms with Crippen LogP contribution in [-0.2, 0) is 0 Å². The first kappa shape index (κ1) is 11.7. The summed E-state index contributed by atoms with van der Waals surface area (Å²) < 4.78 is 0. The molecule has 3 heteroatoms. The van der Waals surface area contributed by atoms with Crippen LogP contribution in [0.15, 0.2) is 0 Å². The molecule has 2 aliphatic rings. The molecule has 2 N–H and O–H groups in total. The molecule has 0 aromatic carbocycles. The zero-order chi connectivity index (χ0) is 10.9. The van der Waals surface area contributed by atoms with E-state index < -0.39 is 5.60 Å². The molecular weight excluding hydrogens is 206 g/mol. The molecule has 0 radical (unpaired) electrons. The number of aliphatic hydroxyl groups is 1. The van der Waals surface area contributed by atoms with Gasteiger partial charge >= 0.3 is 0 Å². The molecule has 2 nitrogen and oxygen atoms in total. The second kappa shape index (κ2) is 4.27. The van der Waals surface area contributed by atoms with Crippen molar-refractivity contribution in [2.24, 2.45) is 5.41 Å². The van der Waals surface area contributed by atoms with Gasteiger partial charge in [0.1, 0.15) is 0 Å². The second-order valence-electron chi connectivity index (χ2n) is 5.59. The van der Waals surface area contributed by atoms with E-state index in [1.807, 2.05) is 11.8 Å². The van der Waals surface area contributed by atoms with E-state index in [-0.39, 0.29) is 0 Å². The predicted molar refractivity (Wildman–Crippen MR) is 66.3 cm³/mol. The van der Waals surface area contributed by atoms with Crippen LogP contribution in [0, 0.1) is 5.41 Å². The van der Waals surface area contributed by atoms with Gasteiger partial charge in [-0.05, 0) is 49.5 Å². The average Bonchev–Trinajstić information content (AvgIpc) is 2.96. The van der Waals surface area contributed by atoms with Crippen molar-refractivity contribution in [1.82, 2.24) is 5.32 Å². The van der Waals surface area contributed by atoms with E-state index >= 15 is 0 Å². The Hall–Kier alpha value is 0.270. The second-order valence-corrected chi connectivity index (χ2v) is 6.82. The monoisotopic (exact) mass is 229 g/mol. The Morgan fingerprint density at radius 2 is 1.87 bits per heavy atom. The molecule has 1 saturated heterocycles. The van der Waals surface area contributed by atoms with Crippen LogP contribution < -0.4 is 5.32 Å². The number of thioether (sulfide) groups is 1. The van der Waals surface area contributed by atoms with Gasteiger partial charge in [0, 0.05) is 12.6 Å². The molecule has 1 heterocycles. The maximum Gasteiger partial charge on any atom is 0.0787 e. The van der Waals surface area contributed by atoms with E-state index in [2.05, 4.69) is 19.2 Å². The van der Waals surface area contributed by atoms with Crippen molar-refractivity contribution >= 4 is 11.8 Å². The van der Waals surface area contributed by atoms with Crippen molar-refractivity contribution in [1.29, 1.82) is 0 Å². The average molecular weight is 229 g/mol. The van der Waals surface area contributed by atoms with Crippen molar-refractivity contribution < 1.29 is 5.11 Å². The number of hydrogen-bond acceptors (Lipinski definition) is 3.